The minimum Gasteiger partial charge on any atom is -0.444 e. The monoisotopic (exact) mass is 521 g/mol. The van der Waals surface area contributed by atoms with Gasteiger partial charge in [0.2, 0.25) is 11.8 Å². The highest BCUT2D eigenvalue weighted by Crippen LogP contribution is 2.32. The number of pyridine rings is 1. The number of nitrogens with zero attached hydrogens (tertiary/aromatic N) is 3. The Labute approximate surface area is 217 Å². The Morgan fingerprint density at radius 1 is 1.14 bits per heavy atom. The number of carbonyl (C=O) groups is 1. The zero-order valence-corrected chi connectivity index (χ0v) is 21.9. The molecular weight excluding hydrogens is 494 g/mol. The van der Waals surface area contributed by atoms with Crippen LogP contribution in [0.1, 0.15) is 38.0 Å². The molecule has 3 aromatic heterocycles. The Kier molecular flexibility index (Phi) is 7.76. The molecule has 1 amide bonds. The van der Waals surface area contributed by atoms with Crippen molar-refractivity contribution in [3.8, 4) is 0 Å². The topological polar surface area (TPSA) is 102 Å². The average Bonchev–Trinajstić information content (AvgIpc) is 3.50. The molecule has 0 aliphatic carbocycles. The van der Waals surface area contributed by atoms with Gasteiger partial charge in [0.15, 0.2) is 5.13 Å². The van der Waals surface area contributed by atoms with Crippen molar-refractivity contribution in [1.82, 2.24) is 14.5 Å². The van der Waals surface area contributed by atoms with E-state index in [1.165, 1.54) is 23.5 Å². The van der Waals surface area contributed by atoms with Gasteiger partial charge in [0, 0.05) is 23.4 Å². The minimum absolute atomic E-state index is 0.0689. The first-order valence-corrected chi connectivity index (χ1v) is 13.0. The van der Waals surface area contributed by atoms with E-state index in [2.05, 4.69) is 48.0 Å². The molecule has 36 heavy (non-hydrogen) atoms. The van der Waals surface area contributed by atoms with Crippen molar-refractivity contribution in [2.75, 3.05) is 10.6 Å². The van der Waals surface area contributed by atoms with E-state index in [4.69, 9.17) is 4.42 Å². The summed E-state index contributed by atoms with van der Waals surface area (Å²) in [5.41, 5.74) is 2.18. The lowest BCUT2D eigenvalue weighted by molar-refractivity contribution is -0.111. The molecule has 4 aromatic rings. The maximum Gasteiger partial charge on any atom is 0.250 e. The molecule has 0 aliphatic heterocycles. The molecule has 3 heterocycles. The zero-order chi connectivity index (χ0) is 25.7. The van der Waals surface area contributed by atoms with Crippen molar-refractivity contribution in [2.24, 2.45) is 0 Å². The van der Waals surface area contributed by atoms with E-state index in [1.54, 1.807) is 46.9 Å². The van der Waals surface area contributed by atoms with Crippen molar-refractivity contribution in [2.45, 2.75) is 42.7 Å². The van der Waals surface area contributed by atoms with Crippen LogP contribution in [-0.4, -0.2) is 20.4 Å². The van der Waals surface area contributed by atoms with Crippen LogP contribution in [0.25, 0.3) is 0 Å². The van der Waals surface area contributed by atoms with Crippen molar-refractivity contribution in [1.29, 1.82) is 0 Å². The lowest BCUT2D eigenvalue weighted by Gasteiger charge is -2.12. The van der Waals surface area contributed by atoms with Crippen LogP contribution in [0.4, 0.5) is 16.5 Å². The van der Waals surface area contributed by atoms with Crippen LogP contribution in [0.3, 0.4) is 0 Å². The maximum atomic E-state index is 12.4. The number of thiazole rings is 1. The Hall–Kier alpha value is -3.63. The Balaban J connectivity index is 1.37. The third kappa shape index (κ3) is 6.73. The molecule has 0 radical (unpaired) electrons. The predicted octanol–water partition coefficient (Wildman–Crippen LogP) is 5.80. The first-order chi connectivity index (χ1) is 17.2. The Morgan fingerprint density at radius 3 is 2.58 bits per heavy atom. The van der Waals surface area contributed by atoms with Crippen molar-refractivity contribution in [3.63, 3.8) is 0 Å². The summed E-state index contributed by atoms with van der Waals surface area (Å²) in [5.74, 6) is 1.92. The van der Waals surface area contributed by atoms with Gasteiger partial charge in [0.1, 0.15) is 5.76 Å². The number of oxazole rings is 1. The standard InChI is InChI=1S/C26H27N5O3S2/c1-5-21(32)29-18-8-6-17(7-9-18)14-31-15-19(10-11-23(31)33)30-25-28-13-24(36-25)35-16-22-27-12-20(34-22)26(2,3)4/h5-13,15H,1,14,16H2,2-4H3,(H,28,30)(H,29,32). The van der Waals surface area contributed by atoms with Crippen LogP contribution in [0, 0.1) is 0 Å². The second kappa shape index (κ2) is 11.0. The number of benzene rings is 1. The fourth-order valence-electron chi connectivity index (χ4n) is 3.18. The molecule has 0 atom stereocenters. The summed E-state index contributed by atoms with van der Waals surface area (Å²) in [6, 6.07) is 10.6. The van der Waals surface area contributed by atoms with Crippen LogP contribution in [0.2, 0.25) is 0 Å². The summed E-state index contributed by atoms with van der Waals surface area (Å²) < 4.78 is 8.51. The molecule has 8 nitrogen and oxygen atoms in total. The molecule has 0 fully saturated rings. The van der Waals surface area contributed by atoms with Gasteiger partial charge >= 0.3 is 0 Å². The number of anilines is 3. The van der Waals surface area contributed by atoms with Gasteiger partial charge in [-0.05, 0) is 29.8 Å². The third-order valence-electron chi connectivity index (χ3n) is 5.11. The summed E-state index contributed by atoms with van der Waals surface area (Å²) in [4.78, 5) is 32.7. The highest BCUT2D eigenvalue weighted by molar-refractivity contribution is 8.00. The SMILES string of the molecule is C=CC(=O)Nc1ccc(Cn2cc(Nc3ncc(SCc4ncc(C(C)(C)C)o4)s3)ccc2=O)cc1. The molecule has 1 aromatic carbocycles. The highest BCUT2D eigenvalue weighted by atomic mass is 32.2. The quantitative estimate of drug-likeness (QED) is 0.212. The van der Waals surface area contributed by atoms with Crippen LogP contribution in [0.5, 0.6) is 0 Å². The van der Waals surface area contributed by atoms with Crippen LogP contribution in [0.15, 0.2) is 81.1 Å². The molecule has 0 unspecified atom stereocenters. The second-order valence-corrected chi connectivity index (χ2v) is 11.3. The molecule has 0 aliphatic rings. The van der Waals surface area contributed by atoms with Gasteiger partial charge in [-0.15, -0.1) is 11.8 Å². The summed E-state index contributed by atoms with van der Waals surface area (Å²) in [6.45, 7) is 10.1. The van der Waals surface area contributed by atoms with Crippen LogP contribution in [-0.2, 0) is 22.5 Å². The Morgan fingerprint density at radius 2 is 1.89 bits per heavy atom. The van der Waals surface area contributed by atoms with Crippen molar-refractivity contribution < 1.29 is 9.21 Å². The summed E-state index contributed by atoms with van der Waals surface area (Å²) in [6.07, 6.45) is 6.59. The largest absolute Gasteiger partial charge is 0.444 e. The number of hydrogen-bond acceptors (Lipinski definition) is 8. The van der Waals surface area contributed by atoms with Gasteiger partial charge in [-0.1, -0.05) is 50.8 Å². The smallest absolute Gasteiger partial charge is 0.250 e. The number of amides is 1. The van der Waals surface area contributed by atoms with Gasteiger partial charge in [0.25, 0.3) is 5.56 Å². The molecular formula is C26H27N5O3S2. The normalized spacial score (nSPS) is 11.3. The van der Waals surface area contributed by atoms with Crippen LogP contribution < -0.4 is 16.2 Å². The van der Waals surface area contributed by atoms with Gasteiger partial charge < -0.3 is 19.6 Å². The van der Waals surface area contributed by atoms with Gasteiger partial charge in [-0.25, -0.2) is 9.97 Å². The predicted molar refractivity (Wildman–Crippen MR) is 145 cm³/mol. The highest BCUT2D eigenvalue weighted by Gasteiger charge is 2.19. The molecule has 0 saturated carbocycles. The van der Waals surface area contributed by atoms with Crippen molar-refractivity contribution in [3.05, 3.63) is 95.2 Å². The summed E-state index contributed by atoms with van der Waals surface area (Å²) in [5, 5.41) is 6.71. The lowest BCUT2D eigenvalue weighted by atomic mass is 9.94. The number of rotatable bonds is 9. The molecule has 186 valence electrons. The molecule has 10 heteroatoms. The summed E-state index contributed by atoms with van der Waals surface area (Å²) in [7, 11) is 0. The number of aromatic nitrogens is 3. The summed E-state index contributed by atoms with van der Waals surface area (Å²) >= 11 is 3.14. The number of hydrogen-bond donors (Lipinski definition) is 2. The maximum absolute atomic E-state index is 12.4. The lowest BCUT2D eigenvalue weighted by Crippen LogP contribution is -2.19. The minimum atomic E-state index is -0.270. The van der Waals surface area contributed by atoms with Gasteiger partial charge in [-0.3, -0.25) is 9.59 Å². The fraction of sp³-hybridized carbons (Fsp3) is 0.231. The van der Waals surface area contributed by atoms with E-state index < -0.39 is 0 Å². The molecule has 0 bridgehead atoms. The van der Waals surface area contributed by atoms with E-state index in [0.717, 1.165) is 26.4 Å². The fourth-order valence-corrected chi connectivity index (χ4v) is 4.92. The molecule has 4 rings (SSSR count). The Bertz CT molecular complexity index is 1410. The molecule has 0 saturated heterocycles. The second-order valence-electron chi connectivity index (χ2n) is 9.04. The first-order valence-electron chi connectivity index (χ1n) is 11.2. The average molecular weight is 522 g/mol. The van der Waals surface area contributed by atoms with E-state index in [0.29, 0.717) is 23.9 Å². The van der Waals surface area contributed by atoms with Gasteiger partial charge in [-0.2, -0.15) is 0 Å². The molecule has 2 N–H and O–H groups in total. The van der Waals surface area contributed by atoms with E-state index in [9.17, 15) is 9.59 Å². The first kappa shape index (κ1) is 25.5. The third-order valence-corrected chi connectivity index (χ3v) is 7.20. The van der Waals surface area contributed by atoms with Crippen molar-refractivity contribution >= 4 is 45.5 Å². The molecule has 0 spiro atoms. The zero-order valence-electron chi connectivity index (χ0n) is 20.3. The number of nitrogens with one attached hydrogen (secondary N) is 2. The number of carbonyl (C=O) groups excluding carboxylic acids is 1. The van der Waals surface area contributed by atoms with E-state index in [-0.39, 0.29) is 16.9 Å². The number of thioether (sulfide) groups is 1. The van der Waals surface area contributed by atoms with E-state index in [1.807, 2.05) is 18.3 Å². The van der Waals surface area contributed by atoms with Crippen LogP contribution >= 0.6 is 23.1 Å². The van der Waals surface area contributed by atoms with Gasteiger partial charge in [0.05, 0.1) is 34.6 Å². The van der Waals surface area contributed by atoms with E-state index >= 15 is 0 Å².